The van der Waals surface area contributed by atoms with Gasteiger partial charge < -0.3 is 20.7 Å². The van der Waals surface area contributed by atoms with Crippen LogP contribution >= 0.6 is 0 Å². The molecule has 2 N–H and O–H groups in total. The zero-order chi connectivity index (χ0) is 12.3. The Kier molecular flexibility index (Phi) is 3.83. The lowest BCUT2D eigenvalue weighted by Crippen LogP contribution is -2.28. The van der Waals surface area contributed by atoms with Gasteiger partial charge in [0, 0.05) is 20.1 Å². The maximum Gasteiger partial charge on any atom is 0.344 e. The summed E-state index contributed by atoms with van der Waals surface area (Å²) in [6, 6.07) is -0.0156. The van der Waals surface area contributed by atoms with Gasteiger partial charge in [0.05, 0.1) is 6.04 Å². The predicted octanol–water partition coefficient (Wildman–Crippen LogP) is 0.767. The summed E-state index contributed by atoms with van der Waals surface area (Å²) in [6.45, 7) is 4.86. The van der Waals surface area contributed by atoms with Crippen molar-refractivity contribution in [3.63, 3.8) is 0 Å². The third-order valence-corrected chi connectivity index (χ3v) is 2.27. The molecule has 7 nitrogen and oxygen atoms in total. The lowest BCUT2D eigenvalue weighted by molar-refractivity contribution is -0.392. The molecule has 0 amide bonds. The van der Waals surface area contributed by atoms with Gasteiger partial charge in [0.1, 0.15) is 6.20 Å². The third-order valence-electron chi connectivity index (χ3n) is 2.27. The Labute approximate surface area is 94.0 Å². The highest BCUT2D eigenvalue weighted by molar-refractivity contribution is 5.38. The van der Waals surface area contributed by atoms with E-state index in [2.05, 4.69) is 4.98 Å². The summed E-state index contributed by atoms with van der Waals surface area (Å²) < 4.78 is 1.59. The molecule has 0 unspecified atom stereocenters. The van der Waals surface area contributed by atoms with Crippen LogP contribution in [-0.4, -0.2) is 34.6 Å². The lowest BCUT2D eigenvalue weighted by atomic mass is 10.4. The molecule has 0 saturated carbocycles. The summed E-state index contributed by atoms with van der Waals surface area (Å²) in [4.78, 5) is 16.3. The molecule has 1 aromatic heterocycles. The van der Waals surface area contributed by atoms with Gasteiger partial charge in [-0.2, -0.15) is 9.55 Å². The second kappa shape index (κ2) is 4.93. The van der Waals surface area contributed by atoms with E-state index in [0.29, 0.717) is 19.0 Å². The van der Waals surface area contributed by atoms with Crippen molar-refractivity contribution < 1.29 is 4.92 Å². The Balaban J connectivity index is 3.14. The molecular weight excluding hydrogens is 210 g/mol. The van der Waals surface area contributed by atoms with Gasteiger partial charge >= 0.3 is 5.82 Å². The molecule has 0 atom stereocenters. The van der Waals surface area contributed by atoms with Crippen LogP contribution in [0.3, 0.4) is 0 Å². The Morgan fingerprint density at radius 2 is 2.31 bits per heavy atom. The zero-order valence-electron chi connectivity index (χ0n) is 9.75. The number of nitrogens with zero attached hydrogens (tertiary/aromatic N) is 4. The smallest absolute Gasteiger partial charge is 0.344 e. The van der Waals surface area contributed by atoms with Crippen molar-refractivity contribution in [1.29, 1.82) is 0 Å². The van der Waals surface area contributed by atoms with E-state index in [-0.39, 0.29) is 11.9 Å². The molecule has 16 heavy (non-hydrogen) atoms. The van der Waals surface area contributed by atoms with Gasteiger partial charge in [-0.05, 0) is 18.8 Å². The fraction of sp³-hybridized carbons (Fsp3) is 0.667. The van der Waals surface area contributed by atoms with Crippen LogP contribution in [0.25, 0.3) is 0 Å². The monoisotopic (exact) mass is 227 g/mol. The van der Waals surface area contributed by atoms with Gasteiger partial charge in [0.15, 0.2) is 0 Å². The van der Waals surface area contributed by atoms with Crippen LogP contribution in [0.5, 0.6) is 0 Å². The number of imidazole rings is 1. The molecule has 90 valence electrons. The van der Waals surface area contributed by atoms with Crippen LogP contribution < -0.4 is 10.6 Å². The first kappa shape index (κ1) is 12.4. The van der Waals surface area contributed by atoms with Crippen LogP contribution in [0.4, 0.5) is 11.8 Å². The van der Waals surface area contributed by atoms with E-state index in [0.717, 1.165) is 0 Å². The van der Waals surface area contributed by atoms with Gasteiger partial charge in [0.25, 0.3) is 5.95 Å². The Morgan fingerprint density at radius 1 is 1.69 bits per heavy atom. The second-order valence-electron chi connectivity index (χ2n) is 3.85. The molecule has 0 radical (unpaired) electrons. The van der Waals surface area contributed by atoms with Crippen LogP contribution in [0.15, 0.2) is 6.20 Å². The quantitative estimate of drug-likeness (QED) is 0.592. The first-order chi connectivity index (χ1) is 7.49. The van der Waals surface area contributed by atoms with Crippen molar-refractivity contribution >= 4 is 11.8 Å². The van der Waals surface area contributed by atoms with Crippen molar-refractivity contribution in [2.24, 2.45) is 5.73 Å². The number of hydrogen-bond donors (Lipinski definition) is 1. The van der Waals surface area contributed by atoms with E-state index in [1.807, 2.05) is 25.8 Å². The zero-order valence-corrected chi connectivity index (χ0v) is 9.75. The Hall–Kier alpha value is -1.63. The van der Waals surface area contributed by atoms with Crippen LogP contribution in [0.2, 0.25) is 0 Å². The maximum atomic E-state index is 10.8. The van der Waals surface area contributed by atoms with Gasteiger partial charge in [-0.1, -0.05) is 0 Å². The van der Waals surface area contributed by atoms with Crippen molar-refractivity contribution in [1.82, 2.24) is 9.55 Å². The molecule has 0 aliphatic rings. The average molecular weight is 227 g/mol. The van der Waals surface area contributed by atoms with Crippen molar-refractivity contribution in [2.45, 2.75) is 19.9 Å². The molecule has 0 fully saturated rings. The van der Waals surface area contributed by atoms with E-state index in [4.69, 9.17) is 5.73 Å². The van der Waals surface area contributed by atoms with Gasteiger partial charge in [-0.15, -0.1) is 0 Å². The molecule has 7 heteroatoms. The lowest BCUT2D eigenvalue weighted by Gasteiger charge is -2.16. The minimum atomic E-state index is -0.424. The topological polar surface area (TPSA) is 90.2 Å². The number of anilines is 1. The summed E-state index contributed by atoms with van der Waals surface area (Å²) in [7, 11) is 1.82. The summed E-state index contributed by atoms with van der Waals surface area (Å²) in [5.41, 5.74) is 5.45. The summed E-state index contributed by atoms with van der Waals surface area (Å²) in [6.07, 6.45) is 1.28. The molecule has 0 aliphatic heterocycles. The number of hydrogen-bond acceptors (Lipinski definition) is 5. The number of rotatable bonds is 5. The minimum absolute atomic E-state index is 0.00821. The minimum Gasteiger partial charge on any atom is -0.358 e. The molecule has 0 spiro atoms. The molecule has 0 saturated heterocycles. The highest BCUT2D eigenvalue weighted by atomic mass is 16.6. The summed E-state index contributed by atoms with van der Waals surface area (Å²) in [5, 5.41) is 10.8. The number of nitro groups is 1. The van der Waals surface area contributed by atoms with E-state index >= 15 is 0 Å². The SMILES string of the molecule is CC(C)n1c([N+](=O)[O-])cnc1N(C)CCN. The second-order valence-corrected chi connectivity index (χ2v) is 3.85. The largest absolute Gasteiger partial charge is 0.358 e. The van der Waals surface area contributed by atoms with Gasteiger partial charge in [-0.3, -0.25) is 0 Å². The highest BCUT2D eigenvalue weighted by Crippen LogP contribution is 2.25. The number of nitrogens with two attached hydrogens (primary N) is 1. The third kappa shape index (κ3) is 2.30. The van der Waals surface area contributed by atoms with E-state index in [1.54, 1.807) is 4.57 Å². The van der Waals surface area contributed by atoms with Crippen molar-refractivity contribution in [3.05, 3.63) is 16.3 Å². The molecule has 1 rings (SSSR count). The van der Waals surface area contributed by atoms with Gasteiger partial charge in [0.2, 0.25) is 0 Å². The predicted molar refractivity (Wildman–Crippen MR) is 61.6 cm³/mol. The first-order valence-corrected chi connectivity index (χ1v) is 5.11. The standard InChI is InChI=1S/C9H17N5O2/c1-7(2)13-8(14(15)16)6-11-9(13)12(3)5-4-10/h6-7H,4-5,10H2,1-3H3. The Morgan fingerprint density at radius 3 is 2.75 bits per heavy atom. The number of likely N-dealkylation sites (N-methyl/N-ethyl adjacent to an activating group) is 1. The molecule has 1 heterocycles. The molecule has 1 aromatic rings. The maximum absolute atomic E-state index is 10.8. The van der Waals surface area contributed by atoms with Crippen LogP contribution in [-0.2, 0) is 0 Å². The van der Waals surface area contributed by atoms with Gasteiger partial charge in [-0.25, -0.2) is 0 Å². The first-order valence-electron chi connectivity index (χ1n) is 5.11. The van der Waals surface area contributed by atoms with E-state index < -0.39 is 4.92 Å². The van der Waals surface area contributed by atoms with E-state index in [9.17, 15) is 10.1 Å². The normalized spacial score (nSPS) is 10.8. The van der Waals surface area contributed by atoms with Crippen molar-refractivity contribution in [2.75, 3.05) is 25.0 Å². The highest BCUT2D eigenvalue weighted by Gasteiger charge is 2.24. The van der Waals surface area contributed by atoms with E-state index in [1.165, 1.54) is 6.20 Å². The molecule has 0 aromatic carbocycles. The molecule has 0 aliphatic carbocycles. The number of aromatic nitrogens is 2. The summed E-state index contributed by atoms with van der Waals surface area (Å²) >= 11 is 0. The fourth-order valence-electron chi connectivity index (χ4n) is 1.55. The van der Waals surface area contributed by atoms with Crippen LogP contribution in [0.1, 0.15) is 19.9 Å². The Bertz CT molecular complexity index is 374. The summed E-state index contributed by atoms with van der Waals surface area (Å²) in [5.74, 6) is 0.584. The average Bonchev–Trinajstić information content (AvgIpc) is 2.61. The molecular formula is C9H17N5O2. The molecule has 0 bridgehead atoms. The fourth-order valence-corrected chi connectivity index (χ4v) is 1.55. The van der Waals surface area contributed by atoms with Crippen LogP contribution in [0, 0.1) is 10.1 Å². The van der Waals surface area contributed by atoms with Crippen molar-refractivity contribution in [3.8, 4) is 0 Å².